The molecule has 0 fully saturated rings. The zero-order valence-electron chi connectivity index (χ0n) is 18.8. The van der Waals surface area contributed by atoms with Crippen molar-refractivity contribution in [2.75, 3.05) is 20.8 Å². The minimum Gasteiger partial charge on any atom is -0.497 e. The van der Waals surface area contributed by atoms with Gasteiger partial charge in [0.2, 0.25) is 5.78 Å². The zero-order valence-corrected chi connectivity index (χ0v) is 18.8. The van der Waals surface area contributed by atoms with E-state index in [1.54, 1.807) is 19.2 Å². The van der Waals surface area contributed by atoms with E-state index in [1.807, 2.05) is 73.2 Å². The minimum absolute atomic E-state index is 0.00798. The highest BCUT2D eigenvalue weighted by atomic mass is 16.6. The number of esters is 1. The van der Waals surface area contributed by atoms with Gasteiger partial charge in [-0.3, -0.25) is 4.79 Å². The number of rotatable bonds is 9. The second kappa shape index (κ2) is 10.5. The summed E-state index contributed by atoms with van der Waals surface area (Å²) in [6, 6.07) is 14.9. The molecular formula is C26H27NO5. The normalized spacial score (nSPS) is 10.9. The number of nitrogens with zero attached hydrogens (tertiary/aromatic N) is 1. The van der Waals surface area contributed by atoms with Crippen LogP contribution in [-0.4, -0.2) is 37.1 Å². The van der Waals surface area contributed by atoms with E-state index >= 15 is 0 Å². The summed E-state index contributed by atoms with van der Waals surface area (Å²) in [4.78, 5) is 24.3. The van der Waals surface area contributed by atoms with Gasteiger partial charge in [-0.25, -0.2) is 4.79 Å². The smallest absolute Gasteiger partial charge is 0.343 e. The van der Waals surface area contributed by atoms with Gasteiger partial charge in [0.15, 0.2) is 6.61 Å². The van der Waals surface area contributed by atoms with E-state index < -0.39 is 5.97 Å². The summed E-state index contributed by atoms with van der Waals surface area (Å²) < 4.78 is 17.3. The maximum Gasteiger partial charge on any atom is 0.343 e. The molecule has 3 rings (SSSR count). The number of hydrogen-bond donors (Lipinski definition) is 0. The van der Waals surface area contributed by atoms with E-state index in [0.717, 1.165) is 16.7 Å². The maximum absolute atomic E-state index is 13.0. The third-order valence-corrected chi connectivity index (χ3v) is 4.91. The summed E-state index contributed by atoms with van der Waals surface area (Å²) in [5, 5.41) is 0. The van der Waals surface area contributed by atoms with E-state index in [0.29, 0.717) is 29.3 Å². The molecule has 1 aromatic heterocycles. The van der Waals surface area contributed by atoms with Gasteiger partial charge in [-0.15, -0.1) is 0 Å². The molecule has 6 nitrogen and oxygen atoms in total. The first kappa shape index (κ1) is 22.9. The van der Waals surface area contributed by atoms with Crippen LogP contribution >= 0.6 is 0 Å². The number of allylic oxidation sites excluding steroid dienone is 1. The van der Waals surface area contributed by atoms with E-state index in [-0.39, 0.29) is 12.4 Å². The third-order valence-electron chi connectivity index (χ3n) is 4.91. The predicted molar refractivity (Wildman–Crippen MR) is 123 cm³/mol. The van der Waals surface area contributed by atoms with Gasteiger partial charge in [-0.05, 0) is 43.2 Å². The molecule has 0 N–H and O–H groups in total. The van der Waals surface area contributed by atoms with Crippen molar-refractivity contribution in [2.45, 2.75) is 20.4 Å². The third kappa shape index (κ3) is 5.88. The SMILES string of the molecule is COC(=O)COc1cc(C=CCn2cc(C)cc2C(=O)c2ccc(C)cc2)cc(OC)c1. The Morgan fingerprint density at radius 3 is 2.34 bits per heavy atom. The van der Waals surface area contributed by atoms with Crippen LogP contribution in [0.3, 0.4) is 0 Å². The number of aryl methyl sites for hydroxylation is 2. The number of carbonyl (C=O) groups is 2. The average molecular weight is 434 g/mol. The molecule has 0 spiro atoms. The molecule has 0 unspecified atom stereocenters. The first-order chi connectivity index (χ1) is 15.4. The quantitative estimate of drug-likeness (QED) is 0.364. The van der Waals surface area contributed by atoms with Crippen molar-refractivity contribution >= 4 is 17.8 Å². The molecule has 6 heteroatoms. The van der Waals surface area contributed by atoms with Crippen LogP contribution in [0.4, 0.5) is 0 Å². The Balaban J connectivity index is 1.77. The van der Waals surface area contributed by atoms with Gasteiger partial charge in [0.25, 0.3) is 0 Å². The molecule has 1 heterocycles. The second-order valence-corrected chi connectivity index (χ2v) is 7.46. The highest BCUT2D eigenvalue weighted by molar-refractivity contribution is 6.08. The number of ketones is 1. The molecule has 0 aliphatic carbocycles. The van der Waals surface area contributed by atoms with E-state index in [1.165, 1.54) is 7.11 Å². The highest BCUT2D eigenvalue weighted by Crippen LogP contribution is 2.24. The Bertz CT molecular complexity index is 1130. The molecule has 0 radical (unpaired) electrons. The first-order valence-electron chi connectivity index (χ1n) is 10.2. The molecule has 3 aromatic rings. The fourth-order valence-corrected chi connectivity index (χ4v) is 3.25. The summed E-state index contributed by atoms with van der Waals surface area (Å²) in [7, 11) is 2.88. The van der Waals surface area contributed by atoms with Crippen LogP contribution in [-0.2, 0) is 16.1 Å². The lowest BCUT2D eigenvalue weighted by molar-refractivity contribution is -0.142. The van der Waals surface area contributed by atoms with Gasteiger partial charge in [0.05, 0.1) is 19.9 Å². The van der Waals surface area contributed by atoms with Crippen molar-refractivity contribution in [1.82, 2.24) is 4.57 Å². The molecular weight excluding hydrogens is 406 g/mol. The second-order valence-electron chi connectivity index (χ2n) is 7.46. The predicted octanol–water partition coefficient (Wildman–Crippen LogP) is 4.61. The Labute approximate surface area is 188 Å². The van der Waals surface area contributed by atoms with Crippen molar-refractivity contribution in [1.29, 1.82) is 0 Å². The molecule has 0 aliphatic rings. The van der Waals surface area contributed by atoms with Crippen molar-refractivity contribution < 1.29 is 23.8 Å². The highest BCUT2D eigenvalue weighted by Gasteiger charge is 2.14. The van der Waals surface area contributed by atoms with Gasteiger partial charge in [0.1, 0.15) is 11.5 Å². The van der Waals surface area contributed by atoms with E-state index in [2.05, 4.69) is 4.74 Å². The number of aromatic nitrogens is 1. The molecule has 0 atom stereocenters. The van der Waals surface area contributed by atoms with Crippen LogP contribution in [0, 0.1) is 13.8 Å². The van der Waals surface area contributed by atoms with Crippen LogP contribution in [0.1, 0.15) is 32.7 Å². The van der Waals surface area contributed by atoms with Crippen LogP contribution in [0.2, 0.25) is 0 Å². The number of hydrogen-bond acceptors (Lipinski definition) is 5. The molecule has 166 valence electrons. The minimum atomic E-state index is -0.460. The largest absolute Gasteiger partial charge is 0.497 e. The molecule has 0 amide bonds. The lowest BCUT2D eigenvalue weighted by Crippen LogP contribution is -2.12. The number of benzene rings is 2. The Morgan fingerprint density at radius 1 is 0.938 bits per heavy atom. The topological polar surface area (TPSA) is 66.8 Å². The number of methoxy groups -OCH3 is 2. The van der Waals surface area contributed by atoms with Crippen molar-refractivity contribution in [2.24, 2.45) is 0 Å². The van der Waals surface area contributed by atoms with Gasteiger partial charge >= 0.3 is 5.97 Å². The molecule has 32 heavy (non-hydrogen) atoms. The van der Waals surface area contributed by atoms with Crippen LogP contribution < -0.4 is 9.47 Å². The Hall–Kier alpha value is -3.80. The summed E-state index contributed by atoms with van der Waals surface area (Å²) in [6.07, 6.45) is 5.84. The molecule has 0 saturated carbocycles. The lowest BCUT2D eigenvalue weighted by Gasteiger charge is -2.09. The van der Waals surface area contributed by atoms with Crippen LogP contribution in [0.5, 0.6) is 11.5 Å². The van der Waals surface area contributed by atoms with E-state index in [4.69, 9.17) is 9.47 Å². The van der Waals surface area contributed by atoms with E-state index in [9.17, 15) is 9.59 Å². The maximum atomic E-state index is 13.0. The summed E-state index contributed by atoms with van der Waals surface area (Å²) in [6.45, 7) is 4.31. The van der Waals surface area contributed by atoms with Crippen molar-refractivity contribution in [3.8, 4) is 11.5 Å². The molecule has 2 aromatic carbocycles. The summed E-state index contributed by atoms with van der Waals surface area (Å²) in [5.74, 6) is 0.644. The number of carbonyl (C=O) groups excluding carboxylic acids is 2. The average Bonchev–Trinajstić information content (AvgIpc) is 3.17. The van der Waals surface area contributed by atoms with Crippen LogP contribution in [0.15, 0.2) is 60.8 Å². The standard InChI is InChI=1S/C26H27NO5/c1-18-7-9-21(10-8-18)26(29)24-12-19(2)16-27(24)11-5-6-20-13-22(30-3)15-23(14-20)32-17-25(28)31-4/h5-10,12-16H,11,17H2,1-4H3. The molecule has 0 saturated heterocycles. The Kier molecular flexibility index (Phi) is 7.49. The fraction of sp³-hybridized carbons (Fsp3) is 0.231. The van der Waals surface area contributed by atoms with Gasteiger partial charge < -0.3 is 18.8 Å². The number of ether oxygens (including phenoxy) is 3. The van der Waals surface area contributed by atoms with Crippen LogP contribution in [0.25, 0.3) is 6.08 Å². The zero-order chi connectivity index (χ0) is 23.1. The fourth-order valence-electron chi connectivity index (χ4n) is 3.25. The van der Waals surface area contributed by atoms with Gasteiger partial charge in [-0.1, -0.05) is 42.0 Å². The van der Waals surface area contributed by atoms with Crippen molar-refractivity contribution in [3.63, 3.8) is 0 Å². The van der Waals surface area contributed by atoms with Gasteiger partial charge in [0, 0.05) is 24.4 Å². The summed E-state index contributed by atoms with van der Waals surface area (Å²) >= 11 is 0. The molecule has 0 bridgehead atoms. The summed E-state index contributed by atoms with van der Waals surface area (Å²) in [5.41, 5.74) is 4.29. The lowest BCUT2D eigenvalue weighted by atomic mass is 10.1. The Morgan fingerprint density at radius 2 is 1.66 bits per heavy atom. The van der Waals surface area contributed by atoms with Crippen molar-refractivity contribution in [3.05, 3.63) is 88.8 Å². The molecule has 0 aliphatic heterocycles. The monoisotopic (exact) mass is 433 g/mol. The first-order valence-corrected chi connectivity index (χ1v) is 10.2. The van der Waals surface area contributed by atoms with Gasteiger partial charge in [-0.2, -0.15) is 0 Å².